The molecule has 0 aliphatic heterocycles. The van der Waals surface area contributed by atoms with Gasteiger partial charge in [-0.2, -0.15) is 4.98 Å². The third-order valence-electron chi connectivity index (χ3n) is 3.73. The van der Waals surface area contributed by atoms with Crippen LogP contribution in [0.15, 0.2) is 22.6 Å². The Hall–Kier alpha value is -2.08. The van der Waals surface area contributed by atoms with Crippen LogP contribution in [0, 0.1) is 0 Å². The molecule has 6 heteroatoms. The molecule has 0 unspecified atom stereocenters. The van der Waals surface area contributed by atoms with Gasteiger partial charge >= 0.3 is 5.97 Å². The number of aromatic carboxylic acids is 1. The molecule has 106 valence electrons. The number of rotatable bonds is 5. The SMILES string of the molecule is O=C(O)c1ccc2nc(N(CCO)C3CCC3)oc2c1. The van der Waals surface area contributed by atoms with E-state index in [0.29, 0.717) is 29.7 Å². The lowest BCUT2D eigenvalue weighted by atomic mass is 9.92. The molecule has 0 atom stereocenters. The summed E-state index contributed by atoms with van der Waals surface area (Å²) in [5.74, 6) is -0.990. The van der Waals surface area contributed by atoms with E-state index in [9.17, 15) is 4.79 Å². The fourth-order valence-corrected chi connectivity index (χ4v) is 2.41. The fourth-order valence-electron chi connectivity index (χ4n) is 2.41. The zero-order valence-electron chi connectivity index (χ0n) is 11.0. The first kappa shape index (κ1) is 12.9. The molecule has 2 N–H and O–H groups in total. The standard InChI is InChI=1S/C14H16N2O4/c17-7-6-16(10-2-1-3-10)14-15-11-5-4-9(13(18)19)8-12(11)20-14/h4-5,8,10,17H,1-3,6-7H2,(H,18,19). The van der Waals surface area contributed by atoms with E-state index >= 15 is 0 Å². The van der Waals surface area contributed by atoms with Crippen molar-refractivity contribution in [2.45, 2.75) is 25.3 Å². The molecular formula is C14H16N2O4. The van der Waals surface area contributed by atoms with Gasteiger partial charge in [0.2, 0.25) is 0 Å². The van der Waals surface area contributed by atoms with Crippen molar-refractivity contribution < 1.29 is 19.4 Å². The summed E-state index contributed by atoms with van der Waals surface area (Å²) in [4.78, 5) is 17.3. The van der Waals surface area contributed by atoms with Crippen LogP contribution in [0.5, 0.6) is 0 Å². The summed E-state index contributed by atoms with van der Waals surface area (Å²) >= 11 is 0. The van der Waals surface area contributed by atoms with Gasteiger partial charge in [0.15, 0.2) is 5.58 Å². The normalized spacial score (nSPS) is 15.2. The first-order valence-electron chi connectivity index (χ1n) is 6.70. The Morgan fingerprint density at radius 3 is 2.85 bits per heavy atom. The number of carboxylic acids is 1. The molecule has 0 amide bonds. The second-order valence-electron chi connectivity index (χ2n) is 4.99. The van der Waals surface area contributed by atoms with Crippen LogP contribution in [0.4, 0.5) is 6.01 Å². The van der Waals surface area contributed by atoms with Gasteiger partial charge in [-0.25, -0.2) is 4.79 Å². The van der Waals surface area contributed by atoms with Gasteiger partial charge in [0, 0.05) is 12.6 Å². The molecule has 1 aromatic carbocycles. The maximum absolute atomic E-state index is 10.9. The minimum absolute atomic E-state index is 0.0373. The molecular weight excluding hydrogens is 260 g/mol. The monoisotopic (exact) mass is 276 g/mol. The third-order valence-corrected chi connectivity index (χ3v) is 3.73. The first-order chi connectivity index (χ1) is 9.69. The molecule has 6 nitrogen and oxygen atoms in total. The molecule has 1 saturated carbocycles. The number of benzene rings is 1. The van der Waals surface area contributed by atoms with Crippen LogP contribution in [0.1, 0.15) is 29.6 Å². The molecule has 0 saturated heterocycles. The number of carboxylic acid groups (broad SMARTS) is 1. The fraction of sp³-hybridized carbons (Fsp3) is 0.429. The summed E-state index contributed by atoms with van der Waals surface area (Å²) in [6.45, 7) is 0.513. The topological polar surface area (TPSA) is 86.8 Å². The number of aliphatic hydroxyl groups is 1. The summed E-state index contributed by atoms with van der Waals surface area (Å²) in [6, 6.07) is 5.45. The van der Waals surface area contributed by atoms with Crippen LogP contribution in [-0.2, 0) is 0 Å². The van der Waals surface area contributed by atoms with Crippen molar-refractivity contribution >= 4 is 23.1 Å². The van der Waals surface area contributed by atoms with Crippen molar-refractivity contribution in [2.75, 3.05) is 18.1 Å². The second-order valence-corrected chi connectivity index (χ2v) is 4.99. The van der Waals surface area contributed by atoms with Gasteiger partial charge < -0.3 is 19.5 Å². The lowest BCUT2D eigenvalue weighted by Crippen LogP contribution is -2.42. The van der Waals surface area contributed by atoms with E-state index in [4.69, 9.17) is 14.6 Å². The van der Waals surface area contributed by atoms with E-state index in [-0.39, 0.29) is 12.2 Å². The highest BCUT2D eigenvalue weighted by molar-refractivity contribution is 5.92. The van der Waals surface area contributed by atoms with Crippen molar-refractivity contribution in [1.82, 2.24) is 4.98 Å². The molecule has 0 radical (unpaired) electrons. The van der Waals surface area contributed by atoms with E-state index in [1.54, 1.807) is 6.07 Å². The maximum Gasteiger partial charge on any atom is 0.335 e. The highest BCUT2D eigenvalue weighted by Gasteiger charge is 2.28. The maximum atomic E-state index is 10.9. The smallest absolute Gasteiger partial charge is 0.335 e. The van der Waals surface area contributed by atoms with E-state index < -0.39 is 5.97 Å². The highest BCUT2D eigenvalue weighted by Crippen LogP contribution is 2.31. The van der Waals surface area contributed by atoms with Crippen LogP contribution in [-0.4, -0.2) is 40.4 Å². The van der Waals surface area contributed by atoms with Crippen molar-refractivity contribution in [3.8, 4) is 0 Å². The predicted octanol–water partition coefficient (Wildman–Crippen LogP) is 1.88. The van der Waals surface area contributed by atoms with E-state index in [1.807, 2.05) is 4.90 Å². The summed E-state index contributed by atoms with van der Waals surface area (Å²) < 4.78 is 5.67. The molecule has 1 aromatic heterocycles. The van der Waals surface area contributed by atoms with Gasteiger partial charge in [-0.15, -0.1) is 0 Å². The number of oxazole rings is 1. The number of fused-ring (bicyclic) bond motifs is 1. The van der Waals surface area contributed by atoms with Crippen LogP contribution in [0.25, 0.3) is 11.1 Å². The van der Waals surface area contributed by atoms with Crippen LogP contribution >= 0.6 is 0 Å². The molecule has 1 fully saturated rings. The third kappa shape index (κ3) is 2.22. The Bertz CT molecular complexity index is 633. The Labute approximate surface area is 115 Å². The zero-order chi connectivity index (χ0) is 14.1. The first-order valence-corrected chi connectivity index (χ1v) is 6.70. The van der Waals surface area contributed by atoms with Gasteiger partial charge in [0.25, 0.3) is 6.01 Å². The molecule has 1 aliphatic rings. The summed E-state index contributed by atoms with van der Waals surface area (Å²) in [5, 5.41) is 18.1. The number of hydrogen-bond donors (Lipinski definition) is 2. The Morgan fingerprint density at radius 1 is 1.45 bits per heavy atom. The van der Waals surface area contributed by atoms with Gasteiger partial charge in [0.1, 0.15) is 5.52 Å². The lowest BCUT2D eigenvalue weighted by molar-refractivity contribution is 0.0697. The zero-order valence-corrected chi connectivity index (χ0v) is 11.0. The van der Waals surface area contributed by atoms with Crippen LogP contribution in [0.3, 0.4) is 0 Å². The quantitative estimate of drug-likeness (QED) is 0.867. The average Bonchev–Trinajstić information content (AvgIpc) is 2.78. The van der Waals surface area contributed by atoms with Gasteiger partial charge in [-0.1, -0.05) is 0 Å². The highest BCUT2D eigenvalue weighted by atomic mass is 16.4. The van der Waals surface area contributed by atoms with Crippen molar-refractivity contribution in [3.05, 3.63) is 23.8 Å². The molecule has 0 bridgehead atoms. The number of aliphatic hydroxyl groups excluding tert-OH is 1. The van der Waals surface area contributed by atoms with Crippen molar-refractivity contribution in [3.63, 3.8) is 0 Å². The molecule has 1 heterocycles. The number of aromatic nitrogens is 1. The van der Waals surface area contributed by atoms with Crippen LogP contribution in [0.2, 0.25) is 0 Å². The predicted molar refractivity (Wildman–Crippen MR) is 73.0 cm³/mol. The van der Waals surface area contributed by atoms with Crippen molar-refractivity contribution in [2.24, 2.45) is 0 Å². The van der Waals surface area contributed by atoms with E-state index in [0.717, 1.165) is 12.8 Å². The van der Waals surface area contributed by atoms with Crippen LogP contribution < -0.4 is 4.90 Å². The summed E-state index contributed by atoms with van der Waals surface area (Å²) in [5.41, 5.74) is 1.27. The Morgan fingerprint density at radius 2 is 2.25 bits per heavy atom. The number of hydrogen-bond acceptors (Lipinski definition) is 5. The molecule has 0 spiro atoms. The summed E-state index contributed by atoms with van der Waals surface area (Å²) in [7, 11) is 0. The molecule has 3 rings (SSSR count). The average molecular weight is 276 g/mol. The molecule has 1 aliphatic carbocycles. The molecule has 2 aromatic rings. The van der Waals surface area contributed by atoms with Gasteiger partial charge in [0.05, 0.1) is 12.2 Å². The van der Waals surface area contributed by atoms with Gasteiger partial charge in [-0.05, 0) is 37.5 Å². The summed E-state index contributed by atoms with van der Waals surface area (Å²) in [6.07, 6.45) is 3.31. The second kappa shape index (κ2) is 5.13. The Balaban J connectivity index is 1.95. The lowest BCUT2D eigenvalue weighted by Gasteiger charge is -2.36. The van der Waals surface area contributed by atoms with Gasteiger partial charge in [-0.3, -0.25) is 0 Å². The minimum Gasteiger partial charge on any atom is -0.478 e. The number of anilines is 1. The Kier molecular flexibility index (Phi) is 3.31. The number of nitrogens with zero attached hydrogens (tertiary/aromatic N) is 2. The minimum atomic E-state index is -0.990. The van der Waals surface area contributed by atoms with E-state index in [1.165, 1.54) is 18.6 Å². The van der Waals surface area contributed by atoms with E-state index in [2.05, 4.69) is 4.98 Å². The number of carbonyl (C=O) groups is 1. The van der Waals surface area contributed by atoms with Crippen molar-refractivity contribution in [1.29, 1.82) is 0 Å². The molecule has 20 heavy (non-hydrogen) atoms. The largest absolute Gasteiger partial charge is 0.478 e.